The minimum atomic E-state index is 0.558. The second-order valence-electron chi connectivity index (χ2n) is 6.97. The second-order valence-corrected chi connectivity index (χ2v) is 7.76. The van der Waals surface area contributed by atoms with Gasteiger partial charge in [-0.3, -0.25) is 0 Å². The second kappa shape index (κ2) is 5.07. The Bertz CT molecular complexity index is 292. The molecule has 0 saturated heterocycles. The molecule has 0 bridgehead atoms. The van der Waals surface area contributed by atoms with Crippen LogP contribution >= 0.6 is 15.9 Å². The molecule has 0 aliphatic heterocycles. The Kier molecular flexibility index (Phi) is 4.07. The van der Waals surface area contributed by atoms with Gasteiger partial charge in [-0.25, -0.2) is 0 Å². The van der Waals surface area contributed by atoms with Crippen LogP contribution in [0.2, 0.25) is 0 Å². The summed E-state index contributed by atoms with van der Waals surface area (Å²) >= 11 is 3.64. The van der Waals surface area contributed by atoms with Crippen molar-refractivity contribution in [2.45, 2.75) is 52.9 Å². The Morgan fingerprint density at radius 1 is 1.35 bits per heavy atom. The van der Waals surface area contributed by atoms with Gasteiger partial charge in [0, 0.05) is 5.33 Å². The van der Waals surface area contributed by atoms with Gasteiger partial charge in [-0.05, 0) is 61.2 Å². The summed E-state index contributed by atoms with van der Waals surface area (Å²) in [5, 5.41) is 1.13. The maximum atomic E-state index is 4.37. The van der Waals surface area contributed by atoms with E-state index in [-0.39, 0.29) is 0 Å². The van der Waals surface area contributed by atoms with Gasteiger partial charge in [-0.2, -0.15) is 0 Å². The lowest BCUT2D eigenvalue weighted by Gasteiger charge is -2.53. The summed E-state index contributed by atoms with van der Waals surface area (Å²) in [6, 6.07) is 0. The number of alkyl halides is 1. The summed E-state index contributed by atoms with van der Waals surface area (Å²) in [6.07, 6.45) is 6.79. The molecule has 0 radical (unpaired) electrons. The van der Waals surface area contributed by atoms with Gasteiger partial charge in [0.05, 0.1) is 0 Å². The SMILES string of the molecule is C=C1CCC2C([C@@H]1CCBr)[C@@H](C)CCC2(C)C. The molecule has 0 aromatic rings. The number of allylic oxidation sites excluding steroid dienone is 1. The zero-order valence-corrected chi connectivity index (χ0v) is 13.2. The summed E-state index contributed by atoms with van der Waals surface area (Å²) in [7, 11) is 0. The summed E-state index contributed by atoms with van der Waals surface area (Å²) < 4.78 is 0. The largest absolute Gasteiger partial charge is 0.0996 e. The molecule has 2 fully saturated rings. The predicted molar refractivity (Wildman–Crippen MR) is 79.4 cm³/mol. The van der Waals surface area contributed by atoms with E-state index in [1.54, 1.807) is 0 Å². The lowest BCUT2D eigenvalue weighted by molar-refractivity contribution is -0.0122. The molecule has 2 saturated carbocycles. The summed E-state index contributed by atoms with van der Waals surface area (Å²) in [6.45, 7) is 11.8. The van der Waals surface area contributed by atoms with Crippen LogP contribution in [0.15, 0.2) is 12.2 Å². The Morgan fingerprint density at radius 3 is 2.71 bits per heavy atom. The highest BCUT2D eigenvalue weighted by Crippen LogP contribution is 2.56. The Balaban J connectivity index is 2.25. The van der Waals surface area contributed by atoms with E-state index in [0.29, 0.717) is 5.41 Å². The molecule has 1 heteroatoms. The van der Waals surface area contributed by atoms with E-state index >= 15 is 0 Å². The van der Waals surface area contributed by atoms with Gasteiger partial charge >= 0.3 is 0 Å². The van der Waals surface area contributed by atoms with Crippen LogP contribution in [-0.4, -0.2) is 5.33 Å². The van der Waals surface area contributed by atoms with E-state index in [0.717, 1.165) is 29.0 Å². The van der Waals surface area contributed by atoms with Gasteiger partial charge < -0.3 is 0 Å². The molecule has 17 heavy (non-hydrogen) atoms. The van der Waals surface area contributed by atoms with Gasteiger partial charge in [0.25, 0.3) is 0 Å². The van der Waals surface area contributed by atoms with Crippen molar-refractivity contribution >= 4 is 15.9 Å². The third kappa shape index (κ3) is 2.50. The van der Waals surface area contributed by atoms with Crippen molar-refractivity contribution in [2.75, 3.05) is 5.33 Å². The number of rotatable bonds is 2. The molecule has 0 aromatic carbocycles. The van der Waals surface area contributed by atoms with E-state index in [4.69, 9.17) is 0 Å². The zero-order chi connectivity index (χ0) is 12.6. The number of fused-ring (bicyclic) bond motifs is 1. The molecule has 0 spiro atoms. The van der Waals surface area contributed by atoms with E-state index in [1.807, 2.05) is 0 Å². The smallest absolute Gasteiger partial charge is 0.00371 e. The molecule has 2 aliphatic carbocycles. The average molecular weight is 299 g/mol. The van der Waals surface area contributed by atoms with Gasteiger partial charge in [0.1, 0.15) is 0 Å². The quantitative estimate of drug-likeness (QED) is 0.471. The van der Waals surface area contributed by atoms with Crippen molar-refractivity contribution in [3.63, 3.8) is 0 Å². The fraction of sp³-hybridized carbons (Fsp3) is 0.875. The highest BCUT2D eigenvalue weighted by Gasteiger charge is 2.47. The molecule has 0 heterocycles. The van der Waals surface area contributed by atoms with Crippen LogP contribution in [0.25, 0.3) is 0 Å². The van der Waals surface area contributed by atoms with Crippen molar-refractivity contribution in [2.24, 2.45) is 29.1 Å². The first kappa shape index (κ1) is 13.6. The van der Waals surface area contributed by atoms with E-state index < -0.39 is 0 Å². The fourth-order valence-electron chi connectivity index (χ4n) is 4.47. The molecule has 98 valence electrons. The molecule has 2 aliphatic rings. The first-order chi connectivity index (χ1) is 7.97. The van der Waals surface area contributed by atoms with Crippen LogP contribution < -0.4 is 0 Å². The molecule has 2 rings (SSSR count). The van der Waals surface area contributed by atoms with Crippen molar-refractivity contribution in [3.8, 4) is 0 Å². The molecular weight excluding hydrogens is 272 g/mol. The van der Waals surface area contributed by atoms with Gasteiger partial charge in [0.2, 0.25) is 0 Å². The van der Waals surface area contributed by atoms with Crippen LogP contribution in [0.1, 0.15) is 52.9 Å². The predicted octanol–water partition coefficient (Wildman–Crippen LogP) is 5.43. The lowest BCUT2D eigenvalue weighted by atomic mass is 9.52. The number of halogens is 1. The minimum absolute atomic E-state index is 0.558. The van der Waals surface area contributed by atoms with Crippen molar-refractivity contribution in [3.05, 3.63) is 12.2 Å². The van der Waals surface area contributed by atoms with Crippen LogP contribution in [0.5, 0.6) is 0 Å². The molecular formula is C16H27Br. The number of hydrogen-bond donors (Lipinski definition) is 0. The highest BCUT2D eigenvalue weighted by atomic mass is 79.9. The topological polar surface area (TPSA) is 0 Å². The monoisotopic (exact) mass is 298 g/mol. The first-order valence-electron chi connectivity index (χ1n) is 7.21. The first-order valence-corrected chi connectivity index (χ1v) is 8.33. The van der Waals surface area contributed by atoms with Crippen LogP contribution in [-0.2, 0) is 0 Å². The lowest BCUT2D eigenvalue weighted by Crippen LogP contribution is -2.45. The maximum Gasteiger partial charge on any atom is 0.00371 e. The van der Waals surface area contributed by atoms with E-state index in [1.165, 1.54) is 37.7 Å². The van der Waals surface area contributed by atoms with Crippen molar-refractivity contribution < 1.29 is 0 Å². The molecule has 0 amide bonds. The van der Waals surface area contributed by atoms with Gasteiger partial charge in [0.15, 0.2) is 0 Å². The minimum Gasteiger partial charge on any atom is -0.0996 e. The Hall–Kier alpha value is 0.220. The standard InChI is InChI=1S/C16H27Br/c1-11-5-6-14-15(13(11)8-10-17)12(2)7-9-16(14,3)4/h12-15H,1,5-10H2,2-4H3/t12-,13+,14?,15?/m0/s1. The molecule has 0 nitrogen and oxygen atoms in total. The van der Waals surface area contributed by atoms with Crippen LogP contribution in [0, 0.1) is 29.1 Å². The number of hydrogen-bond acceptors (Lipinski definition) is 0. The normalized spacial score (nSPS) is 41.1. The molecule has 4 atom stereocenters. The third-order valence-electron chi connectivity index (χ3n) is 5.56. The summed E-state index contributed by atoms with van der Waals surface area (Å²) in [4.78, 5) is 0. The maximum absolute atomic E-state index is 4.37. The van der Waals surface area contributed by atoms with Crippen LogP contribution in [0.3, 0.4) is 0 Å². The zero-order valence-electron chi connectivity index (χ0n) is 11.6. The van der Waals surface area contributed by atoms with Crippen LogP contribution in [0.4, 0.5) is 0 Å². The van der Waals surface area contributed by atoms with Gasteiger partial charge in [-0.15, -0.1) is 0 Å². The molecule has 0 aromatic heterocycles. The van der Waals surface area contributed by atoms with Crippen molar-refractivity contribution in [1.82, 2.24) is 0 Å². The van der Waals surface area contributed by atoms with E-state index in [9.17, 15) is 0 Å². The fourth-order valence-corrected chi connectivity index (χ4v) is 4.96. The summed E-state index contributed by atoms with van der Waals surface area (Å²) in [5.74, 6) is 3.51. The molecule has 2 unspecified atom stereocenters. The van der Waals surface area contributed by atoms with E-state index in [2.05, 4.69) is 43.3 Å². The average Bonchev–Trinajstić information content (AvgIpc) is 2.27. The Labute approximate surface area is 115 Å². The van der Waals surface area contributed by atoms with Crippen molar-refractivity contribution in [1.29, 1.82) is 0 Å². The summed E-state index contributed by atoms with van der Waals surface area (Å²) in [5.41, 5.74) is 2.10. The van der Waals surface area contributed by atoms with Gasteiger partial charge in [-0.1, -0.05) is 48.9 Å². The Morgan fingerprint density at radius 2 is 2.06 bits per heavy atom. The molecule has 0 N–H and O–H groups in total. The third-order valence-corrected chi connectivity index (χ3v) is 6.01. The highest BCUT2D eigenvalue weighted by molar-refractivity contribution is 9.09.